The Morgan fingerprint density at radius 1 is 1.16 bits per heavy atom. The molecule has 0 aliphatic carbocycles. The number of nitrogens with zero attached hydrogens (tertiary/aromatic N) is 4. The number of rotatable bonds is 6. The average molecular weight is 442 g/mol. The Kier molecular flexibility index (Phi) is 5.95. The van der Waals surface area contributed by atoms with Crippen molar-refractivity contribution in [3.8, 4) is 0 Å². The predicted molar refractivity (Wildman–Crippen MR) is 124 cm³/mol. The number of nitrogens with one attached hydrogen (secondary N) is 1. The van der Waals surface area contributed by atoms with E-state index in [1.807, 2.05) is 39.0 Å². The summed E-state index contributed by atoms with van der Waals surface area (Å²) in [6.45, 7) is 7.72. The van der Waals surface area contributed by atoms with E-state index in [1.54, 1.807) is 0 Å². The van der Waals surface area contributed by atoms with E-state index >= 15 is 0 Å². The SMILES string of the molecule is CCCn1c(=O)c2sc(N3CCCC3)nc2n(CC(=O)Nc2ccc(C)cc2C)c1=O. The number of benzene rings is 1. The van der Waals surface area contributed by atoms with Gasteiger partial charge in [0.2, 0.25) is 5.91 Å². The van der Waals surface area contributed by atoms with E-state index in [1.165, 1.54) is 20.5 Å². The molecule has 1 amide bonds. The molecule has 0 bridgehead atoms. The van der Waals surface area contributed by atoms with Gasteiger partial charge in [0.1, 0.15) is 11.2 Å². The standard InChI is InChI=1S/C22H27N5O3S/c1-4-9-26-20(29)18-19(24-21(31-18)25-10-5-6-11-25)27(22(26)30)13-17(28)23-16-8-7-14(2)12-15(16)3/h7-8,12H,4-6,9-11,13H2,1-3H3,(H,23,28). The Balaban J connectivity index is 1.75. The quantitative estimate of drug-likeness (QED) is 0.635. The molecule has 8 nitrogen and oxygen atoms in total. The molecular weight excluding hydrogens is 414 g/mol. The first-order valence-corrected chi connectivity index (χ1v) is 11.5. The van der Waals surface area contributed by atoms with Crippen LogP contribution in [-0.2, 0) is 17.9 Å². The third-order valence-electron chi connectivity index (χ3n) is 5.54. The zero-order valence-corrected chi connectivity index (χ0v) is 18.9. The van der Waals surface area contributed by atoms with E-state index in [0.29, 0.717) is 29.0 Å². The number of amides is 1. The highest BCUT2D eigenvalue weighted by Crippen LogP contribution is 2.28. The smallest absolute Gasteiger partial charge is 0.333 e. The molecule has 164 valence electrons. The fourth-order valence-corrected chi connectivity index (χ4v) is 5.03. The summed E-state index contributed by atoms with van der Waals surface area (Å²) in [5.74, 6) is -0.326. The monoisotopic (exact) mass is 441 g/mol. The second kappa shape index (κ2) is 8.66. The number of fused-ring (bicyclic) bond motifs is 1. The van der Waals surface area contributed by atoms with Crippen molar-refractivity contribution in [2.75, 3.05) is 23.3 Å². The van der Waals surface area contributed by atoms with E-state index in [2.05, 4.69) is 15.2 Å². The second-order valence-electron chi connectivity index (χ2n) is 8.04. The van der Waals surface area contributed by atoms with Crippen LogP contribution in [0, 0.1) is 13.8 Å². The van der Waals surface area contributed by atoms with Crippen molar-refractivity contribution in [1.29, 1.82) is 0 Å². The van der Waals surface area contributed by atoms with Crippen LogP contribution in [0.15, 0.2) is 27.8 Å². The summed E-state index contributed by atoms with van der Waals surface area (Å²) in [7, 11) is 0. The van der Waals surface area contributed by atoms with Gasteiger partial charge in [-0.3, -0.25) is 18.7 Å². The van der Waals surface area contributed by atoms with Crippen molar-refractivity contribution < 1.29 is 4.79 Å². The van der Waals surface area contributed by atoms with Crippen molar-refractivity contribution in [3.63, 3.8) is 0 Å². The van der Waals surface area contributed by atoms with E-state index < -0.39 is 5.69 Å². The van der Waals surface area contributed by atoms with Crippen LogP contribution in [0.1, 0.15) is 37.3 Å². The number of aryl methyl sites for hydroxylation is 2. The number of carbonyl (C=O) groups excluding carboxylic acids is 1. The lowest BCUT2D eigenvalue weighted by Gasteiger charge is -2.13. The third-order valence-corrected chi connectivity index (χ3v) is 6.63. The number of thiazole rings is 1. The maximum atomic E-state index is 13.1. The van der Waals surface area contributed by atoms with Crippen molar-refractivity contribution in [2.24, 2.45) is 0 Å². The lowest BCUT2D eigenvalue weighted by Crippen LogP contribution is -2.41. The number of carbonyl (C=O) groups is 1. The van der Waals surface area contributed by atoms with Crippen LogP contribution < -0.4 is 21.5 Å². The lowest BCUT2D eigenvalue weighted by molar-refractivity contribution is -0.116. The Morgan fingerprint density at radius 3 is 2.58 bits per heavy atom. The van der Waals surface area contributed by atoms with Crippen LogP contribution in [0.4, 0.5) is 10.8 Å². The van der Waals surface area contributed by atoms with E-state index in [0.717, 1.165) is 42.2 Å². The predicted octanol–water partition coefficient (Wildman–Crippen LogP) is 2.89. The molecule has 1 N–H and O–H groups in total. The molecule has 1 aliphatic heterocycles. The highest BCUT2D eigenvalue weighted by atomic mass is 32.1. The molecule has 4 rings (SSSR count). The van der Waals surface area contributed by atoms with Gasteiger partial charge in [0.15, 0.2) is 10.8 Å². The number of hydrogen-bond donors (Lipinski definition) is 1. The summed E-state index contributed by atoms with van der Waals surface area (Å²) in [4.78, 5) is 45.7. The summed E-state index contributed by atoms with van der Waals surface area (Å²) >= 11 is 1.31. The highest BCUT2D eigenvalue weighted by Gasteiger charge is 2.23. The molecule has 9 heteroatoms. The van der Waals surface area contributed by atoms with Gasteiger partial charge in [-0.1, -0.05) is 36.0 Å². The van der Waals surface area contributed by atoms with Crippen molar-refractivity contribution in [3.05, 3.63) is 50.2 Å². The van der Waals surface area contributed by atoms with Gasteiger partial charge in [-0.25, -0.2) is 9.78 Å². The average Bonchev–Trinajstić information content (AvgIpc) is 3.40. The Hall–Kier alpha value is -2.94. The topological polar surface area (TPSA) is 89.2 Å². The van der Waals surface area contributed by atoms with Crippen LogP contribution in [-0.4, -0.2) is 33.1 Å². The summed E-state index contributed by atoms with van der Waals surface area (Å²) in [5, 5.41) is 3.62. The minimum absolute atomic E-state index is 0.199. The zero-order valence-electron chi connectivity index (χ0n) is 18.1. The van der Waals surface area contributed by atoms with Gasteiger partial charge in [-0.2, -0.15) is 0 Å². The molecule has 1 aromatic carbocycles. The molecule has 0 saturated carbocycles. The zero-order chi connectivity index (χ0) is 22.1. The molecule has 1 fully saturated rings. The molecule has 0 spiro atoms. The molecular formula is C22H27N5O3S. The van der Waals surface area contributed by atoms with Gasteiger partial charge < -0.3 is 10.2 Å². The first kappa shape index (κ1) is 21.3. The maximum Gasteiger partial charge on any atom is 0.333 e. The van der Waals surface area contributed by atoms with Crippen molar-refractivity contribution in [1.82, 2.24) is 14.1 Å². The summed E-state index contributed by atoms with van der Waals surface area (Å²) in [6, 6.07) is 5.77. The van der Waals surface area contributed by atoms with E-state index in [-0.39, 0.29) is 18.0 Å². The number of anilines is 2. The third kappa shape index (κ3) is 4.14. The molecule has 3 heterocycles. The Labute approximate surface area is 184 Å². The van der Waals surface area contributed by atoms with Crippen LogP contribution in [0.3, 0.4) is 0 Å². The fourth-order valence-electron chi connectivity index (χ4n) is 3.96. The van der Waals surface area contributed by atoms with Gasteiger partial charge >= 0.3 is 5.69 Å². The minimum Gasteiger partial charge on any atom is -0.348 e. The number of aromatic nitrogens is 3. The first-order chi connectivity index (χ1) is 14.9. The van der Waals surface area contributed by atoms with E-state index in [4.69, 9.17) is 0 Å². The molecule has 1 saturated heterocycles. The highest BCUT2D eigenvalue weighted by molar-refractivity contribution is 7.22. The Morgan fingerprint density at radius 2 is 1.90 bits per heavy atom. The molecule has 2 aromatic heterocycles. The molecule has 3 aromatic rings. The van der Waals surface area contributed by atoms with Crippen LogP contribution in [0.25, 0.3) is 10.3 Å². The van der Waals surface area contributed by atoms with Crippen molar-refractivity contribution in [2.45, 2.75) is 53.1 Å². The largest absolute Gasteiger partial charge is 0.348 e. The molecule has 0 radical (unpaired) electrons. The van der Waals surface area contributed by atoms with E-state index in [9.17, 15) is 14.4 Å². The minimum atomic E-state index is -0.492. The molecule has 0 unspecified atom stereocenters. The summed E-state index contributed by atoms with van der Waals surface area (Å²) in [6.07, 6.45) is 2.81. The van der Waals surface area contributed by atoms with Gasteiger partial charge in [-0.15, -0.1) is 0 Å². The normalized spacial score (nSPS) is 13.8. The lowest BCUT2D eigenvalue weighted by atomic mass is 10.1. The van der Waals surface area contributed by atoms with Crippen LogP contribution >= 0.6 is 11.3 Å². The number of hydrogen-bond acceptors (Lipinski definition) is 6. The molecule has 0 atom stereocenters. The van der Waals surface area contributed by atoms with Gasteiger partial charge in [0.05, 0.1) is 0 Å². The first-order valence-electron chi connectivity index (χ1n) is 10.6. The summed E-state index contributed by atoms with van der Waals surface area (Å²) in [5.41, 5.74) is 2.25. The molecule has 31 heavy (non-hydrogen) atoms. The Bertz CT molecular complexity index is 1250. The van der Waals surface area contributed by atoms with Crippen LogP contribution in [0.5, 0.6) is 0 Å². The van der Waals surface area contributed by atoms with Crippen molar-refractivity contribution >= 4 is 38.4 Å². The summed E-state index contributed by atoms with van der Waals surface area (Å²) < 4.78 is 2.98. The second-order valence-corrected chi connectivity index (χ2v) is 9.01. The maximum absolute atomic E-state index is 13.1. The van der Waals surface area contributed by atoms with Gasteiger partial charge in [0.25, 0.3) is 5.56 Å². The van der Waals surface area contributed by atoms with Gasteiger partial charge in [-0.05, 0) is 44.7 Å². The molecule has 1 aliphatic rings. The van der Waals surface area contributed by atoms with Gasteiger partial charge in [0, 0.05) is 25.3 Å². The fraction of sp³-hybridized carbons (Fsp3) is 0.455. The van der Waals surface area contributed by atoms with Crippen LogP contribution in [0.2, 0.25) is 0 Å².